The van der Waals surface area contributed by atoms with Crippen molar-refractivity contribution in [1.82, 2.24) is 4.98 Å². The SMILES string of the molecule is Cc1sc(-c2ccco2)nc1C(=O)Nc1ccc2c(c1)NC(=O)C(C)O2. The number of aromatic nitrogens is 1. The van der Waals surface area contributed by atoms with Gasteiger partial charge in [0.15, 0.2) is 16.9 Å². The third-order valence-corrected chi connectivity index (χ3v) is 4.90. The van der Waals surface area contributed by atoms with E-state index in [9.17, 15) is 9.59 Å². The standard InChI is InChI=1S/C18H15N3O4S/c1-9-16(22)20-12-8-11(5-6-13(12)25-9)19-17(23)15-10(2)26-18(21-15)14-4-3-7-24-14/h3-9H,1-2H3,(H,19,23)(H,20,22). The second-order valence-electron chi connectivity index (χ2n) is 5.82. The first-order valence-corrected chi connectivity index (χ1v) is 8.77. The zero-order chi connectivity index (χ0) is 18.3. The van der Waals surface area contributed by atoms with Gasteiger partial charge in [0.2, 0.25) is 0 Å². The van der Waals surface area contributed by atoms with Crippen LogP contribution >= 0.6 is 11.3 Å². The van der Waals surface area contributed by atoms with Crippen molar-refractivity contribution < 1.29 is 18.7 Å². The number of carbonyl (C=O) groups is 2. The van der Waals surface area contributed by atoms with Crippen molar-refractivity contribution in [1.29, 1.82) is 0 Å². The summed E-state index contributed by atoms with van der Waals surface area (Å²) in [7, 11) is 0. The molecule has 0 fully saturated rings. The van der Waals surface area contributed by atoms with Crippen LogP contribution in [0.1, 0.15) is 22.3 Å². The summed E-state index contributed by atoms with van der Waals surface area (Å²) in [5, 5.41) is 6.21. The van der Waals surface area contributed by atoms with Crippen LogP contribution in [0.25, 0.3) is 10.8 Å². The quantitative estimate of drug-likeness (QED) is 0.734. The van der Waals surface area contributed by atoms with Crippen molar-refractivity contribution in [3.05, 3.63) is 47.2 Å². The van der Waals surface area contributed by atoms with E-state index in [0.717, 1.165) is 4.88 Å². The van der Waals surface area contributed by atoms with E-state index in [1.807, 2.05) is 6.92 Å². The van der Waals surface area contributed by atoms with Crippen LogP contribution in [-0.2, 0) is 4.79 Å². The number of benzene rings is 1. The van der Waals surface area contributed by atoms with Gasteiger partial charge in [-0.25, -0.2) is 4.98 Å². The van der Waals surface area contributed by atoms with Gasteiger partial charge in [-0.1, -0.05) is 0 Å². The monoisotopic (exact) mass is 369 g/mol. The number of anilines is 2. The maximum atomic E-state index is 12.6. The smallest absolute Gasteiger partial charge is 0.275 e. The lowest BCUT2D eigenvalue weighted by molar-refractivity contribution is -0.122. The van der Waals surface area contributed by atoms with E-state index in [1.165, 1.54) is 11.3 Å². The molecule has 7 nitrogen and oxygen atoms in total. The zero-order valence-electron chi connectivity index (χ0n) is 14.0. The minimum atomic E-state index is -0.541. The van der Waals surface area contributed by atoms with Gasteiger partial charge < -0.3 is 19.8 Å². The minimum Gasteiger partial charge on any atom is -0.479 e. The summed E-state index contributed by atoms with van der Waals surface area (Å²) in [4.78, 5) is 29.5. The van der Waals surface area contributed by atoms with E-state index in [4.69, 9.17) is 9.15 Å². The van der Waals surface area contributed by atoms with Crippen LogP contribution in [0.3, 0.4) is 0 Å². The molecule has 3 heterocycles. The molecule has 4 rings (SSSR count). The largest absolute Gasteiger partial charge is 0.479 e. The first-order chi connectivity index (χ1) is 12.5. The first-order valence-electron chi connectivity index (χ1n) is 7.95. The van der Waals surface area contributed by atoms with Gasteiger partial charge in [0.25, 0.3) is 11.8 Å². The second kappa shape index (κ2) is 6.30. The molecule has 1 aliphatic rings. The summed E-state index contributed by atoms with van der Waals surface area (Å²) in [6.45, 7) is 3.51. The number of fused-ring (bicyclic) bond motifs is 1. The average Bonchev–Trinajstić information content (AvgIpc) is 3.25. The third kappa shape index (κ3) is 2.95. The summed E-state index contributed by atoms with van der Waals surface area (Å²) in [6.07, 6.45) is 1.02. The van der Waals surface area contributed by atoms with Crippen molar-refractivity contribution >= 4 is 34.5 Å². The number of nitrogens with one attached hydrogen (secondary N) is 2. The molecule has 0 aliphatic carbocycles. The third-order valence-electron chi connectivity index (χ3n) is 3.91. The second-order valence-corrected chi connectivity index (χ2v) is 7.02. The van der Waals surface area contributed by atoms with Gasteiger partial charge in [0.05, 0.1) is 12.0 Å². The maximum Gasteiger partial charge on any atom is 0.275 e. The molecule has 2 N–H and O–H groups in total. The van der Waals surface area contributed by atoms with E-state index in [-0.39, 0.29) is 11.8 Å². The molecule has 0 bridgehead atoms. The minimum absolute atomic E-state index is 0.223. The van der Waals surface area contributed by atoms with Gasteiger partial charge in [-0.15, -0.1) is 11.3 Å². The summed E-state index contributed by atoms with van der Waals surface area (Å²) in [5.41, 5.74) is 1.41. The molecule has 2 aromatic heterocycles. The maximum absolute atomic E-state index is 12.6. The van der Waals surface area contributed by atoms with Crippen LogP contribution in [0.5, 0.6) is 5.75 Å². The lowest BCUT2D eigenvalue weighted by atomic mass is 10.2. The van der Waals surface area contributed by atoms with E-state index >= 15 is 0 Å². The number of nitrogens with zero attached hydrogens (tertiary/aromatic N) is 1. The van der Waals surface area contributed by atoms with Gasteiger partial charge >= 0.3 is 0 Å². The van der Waals surface area contributed by atoms with E-state index < -0.39 is 6.10 Å². The van der Waals surface area contributed by atoms with Crippen LogP contribution in [0.2, 0.25) is 0 Å². The van der Waals surface area contributed by atoms with Crippen molar-refractivity contribution in [3.8, 4) is 16.5 Å². The molecule has 1 atom stereocenters. The number of hydrogen-bond acceptors (Lipinski definition) is 6. The van der Waals surface area contributed by atoms with Gasteiger partial charge in [-0.05, 0) is 44.2 Å². The Morgan fingerprint density at radius 2 is 2.19 bits per heavy atom. The molecule has 1 aliphatic heterocycles. The number of thiazole rings is 1. The lowest BCUT2D eigenvalue weighted by Crippen LogP contribution is -2.34. The van der Waals surface area contributed by atoms with Gasteiger partial charge in [-0.2, -0.15) is 0 Å². The molecule has 3 aromatic rings. The number of ether oxygens (including phenoxy) is 1. The van der Waals surface area contributed by atoms with E-state index in [1.54, 1.807) is 43.5 Å². The molecule has 0 saturated heterocycles. The molecule has 0 spiro atoms. The first kappa shape index (κ1) is 16.3. The Kier molecular flexibility index (Phi) is 3.96. The fraction of sp³-hybridized carbons (Fsp3) is 0.167. The highest BCUT2D eigenvalue weighted by molar-refractivity contribution is 7.15. The molecular weight excluding hydrogens is 354 g/mol. The van der Waals surface area contributed by atoms with Crippen molar-refractivity contribution in [2.24, 2.45) is 0 Å². The van der Waals surface area contributed by atoms with Gasteiger partial charge in [0, 0.05) is 10.6 Å². The zero-order valence-corrected chi connectivity index (χ0v) is 14.8. The summed E-state index contributed by atoms with van der Waals surface area (Å²) < 4.78 is 10.8. The summed E-state index contributed by atoms with van der Waals surface area (Å²) >= 11 is 1.39. The Bertz CT molecular complexity index is 994. The fourth-order valence-corrected chi connectivity index (χ4v) is 3.47. The van der Waals surface area contributed by atoms with Crippen molar-refractivity contribution in [3.63, 3.8) is 0 Å². The summed E-state index contributed by atoms with van der Waals surface area (Å²) in [6, 6.07) is 8.66. The van der Waals surface area contributed by atoms with E-state index in [2.05, 4.69) is 15.6 Å². The molecular formula is C18H15N3O4S. The number of aryl methyl sites for hydroxylation is 1. The highest BCUT2D eigenvalue weighted by Crippen LogP contribution is 2.33. The number of rotatable bonds is 3. The molecule has 8 heteroatoms. The predicted octanol–water partition coefficient (Wildman–Crippen LogP) is 3.68. The average molecular weight is 369 g/mol. The number of carbonyl (C=O) groups excluding carboxylic acids is 2. The normalized spacial score (nSPS) is 15.8. The van der Waals surface area contributed by atoms with Gasteiger partial charge in [0.1, 0.15) is 11.4 Å². The fourth-order valence-electron chi connectivity index (χ4n) is 2.59. The molecule has 2 amide bonds. The molecule has 132 valence electrons. The predicted molar refractivity (Wildman–Crippen MR) is 97.7 cm³/mol. The lowest BCUT2D eigenvalue weighted by Gasteiger charge is -2.23. The van der Waals surface area contributed by atoms with Crippen LogP contribution in [0, 0.1) is 6.92 Å². The van der Waals surface area contributed by atoms with Crippen molar-refractivity contribution in [2.75, 3.05) is 10.6 Å². The Morgan fingerprint density at radius 1 is 1.35 bits per heavy atom. The Morgan fingerprint density at radius 3 is 2.96 bits per heavy atom. The van der Waals surface area contributed by atoms with Crippen molar-refractivity contribution in [2.45, 2.75) is 20.0 Å². The molecule has 1 unspecified atom stereocenters. The number of hydrogen-bond donors (Lipinski definition) is 2. The molecule has 1 aromatic carbocycles. The Balaban J connectivity index is 1.56. The summed E-state index contributed by atoms with van der Waals surface area (Å²) in [5.74, 6) is 0.646. The highest BCUT2D eigenvalue weighted by Gasteiger charge is 2.24. The topological polar surface area (TPSA) is 93.5 Å². The van der Waals surface area contributed by atoms with Gasteiger partial charge in [-0.3, -0.25) is 9.59 Å². The Labute approximate surface area is 153 Å². The Hall–Kier alpha value is -3.13. The van der Waals surface area contributed by atoms with E-state index in [0.29, 0.717) is 33.6 Å². The molecule has 0 radical (unpaired) electrons. The van der Waals surface area contributed by atoms with Crippen LogP contribution in [-0.4, -0.2) is 22.9 Å². The molecule has 26 heavy (non-hydrogen) atoms. The number of furan rings is 1. The van der Waals surface area contributed by atoms with Crippen LogP contribution < -0.4 is 15.4 Å². The van der Waals surface area contributed by atoms with Crippen LogP contribution in [0.4, 0.5) is 11.4 Å². The highest BCUT2D eigenvalue weighted by atomic mass is 32.1. The number of amides is 2. The molecule has 0 saturated carbocycles. The van der Waals surface area contributed by atoms with Crippen LogP contribution in [0.15, 0.2) is 41.0 Å².